The predicted octanol–water partition coefficient (Wildman–Crippen LogP) is 6.91. The van der Waals surface area contributed by atoms with Crippen molar-refractivity contribution in [1.29, 1.82) is 0 Å². The average Bonchev–Trinajstić information content (AvgIpc) is 2.86. The van der Waals surface area contributed by atoms with Gasteiger partial charge in [0.2, 0.25) is 0 Å². The first-order valence-electron chi connectivity index (χ1n) is 11.8. The van der Waals surface area contributed by atoms with Crippen molar-refractivity contribution in [2.45, 2.75) is 37.0 Å². The van der Waals surface area contributed by atoms with Crippen LogP contribution in [0.25, 0.3) is 0 Å². The normalized spacial score (nSPS) is 20.4. The zero-order chi connectivity index (χ0) is 20.9. The summed E-state index contributed by atoms with van der Waals surface area (Å²) in [6.07, 6.45) is 6.96. The first-order valence-corrected chi connectivity index (χ1v) is 11.8. The van der Waals surface area contributed by atoms with Gasteiger partial charge in [0.15, 0.2) is 0 Å². The van der Waals surface area contributed by atoms with Crippen LogP contribution in [0.1, 0.15) is 53.9 Å². The van der Waals surface area contributed by atoms with Crippen molar-refractivity contribution in [2.24, 2.45) is 4.99 Å². The van der Waals surface area contributed by atoms with Crippen LogP contribution in [0.5, 0.6) is 0 Å². The molecule has 1 fully saturated rings. The summed E-state index contributed by atoms with van der Waals surface area (Å²) in [6, 6.07) is 31.0. The number of nitrogens with zero attached hydrogens (tertiary/aromatic N) is 2. The fraction of sp³-hybridized carbons (Fsp3) is 0.345. The summed E-state index contributed by atoms with van der Waals surface area (Å²) in [4.78, 5) is 7.50. The molecular weight excluding hydrogens is 447 g/mol. The van der Waals surface area contributed by atoms with Gasteiger partial charge in [-0.2, -0.15) is 0 Å². The molecule has 2 nitrogen and oxygen atoms in total. The number of hydrogen-bond acceptors (Lipinski definition) is 2. The lowest BCUT2D eigenvalue weighted by Gasteiger charge is -2.38. The molecular formula is C29H34Cl2N2. The van der Waals surface area contributed by atoms with Crippen LogP contribution in [0.15, 0.2) is 89.9 Å². The average molecular weight is 482 g/mol. The molecule has 3 aromatic carbocycles. The number of benzene rings is 3. The molecule has 0 radical (unpaired) electrons. The molecule has 0 amide bonds. The molecule has 33 heavy (non-hydrogen) atoms. The Morgan fingerprint density at radius 3 is 2.15 bits per heavy atom. The number of fused-ring (bicyclic) bond motifs is 1. The van der Waals surface area contributed by atoms with Crippen molar-refractivity contribution in [3.63, 3.8) is 0 Å². The molecule has 2 aliphatic rings. The van der Waals surface area contributed by atoms with Crippen LogP contribution in [0, 0.1) is 0 Å². The maximum Gasteiger partial charge on any atom is 0.0527 e. The zero-order valence-corrected chi connectivity index (χ0v) is 20.7. The van der Waals surface area contributed by atoms with Crippen molar-refractivity contribution in [1.82, 2.24) is 4.90 Å². The molecule has 174 valence electrons. The van der Waals surface area contributed by atoms with Crippen LogP contribution in [-0.2, 0) is 5.41 Å². The Balaban J connectivity index is 0.00000153. The highest BCUT2D eigenvalue weighted by Crippen LogP contribution is 2.40. The van der Waals surface area contributed by atoms with Crippen LogP contribution < -0.4 is 0 Å². The van der Waals surface area contributed by atoms with Crippen molar-refractivity contribution in [2.75, 3.05) is 26.2 Å². The Hall–Kier alpha value is -2.13. The second kappa shape index (κ2) is 11.8. The summed E-state index contributed by atoms with van der Waals surface area (Å²) in [5.74, 6) is 0.729. The van der Waals surface area contributed by atoms with Gasteiger partial charge in [0.05, 0.1) is 6.54 Å². The van der Waals surface area contributed by atoms with E-state index in [9.17, 15) is 0 Å². The lowest BCUT2D eigenvalue weighted by molar-refractivity contribution is 0.204. The van der Waals surface area contributed by atoms with Gasteiger partial charge in [0.25, 0.3) is 0 Å². The van der Waals surface area contributed by atoms with Crippen LogP contribution in [0.4, 0.5) is 0 Å². The standard InChI is InChI=1S/C29H32N2.2ClH/c1-3-10-24(11-4-1)25-16-20-31(21-17-25)19-9-18-29(27-13-5-2-6-14-27)23-30-22-26-12-7-8-15-28(26)29;;/h1-8,10-15,22,25H,9,16-21,23H2;2*1H. The van der Waals surface area contributed by atoms with Crippen LogP contribution >= 0.6 is 24.8 Å². The summed E-state index contributed by atoms with van der Waals surface area (Å²) in [5, 5.41) is 0. The van der Waals surface area contributed by atoms with E-state index in [1.807, 2.05) is 0 Å². The lowest BCUT2D eigenvalue weighted by Crippen LogP contribution is -2.37. The van der Waals surface area contributed by atoms with Gasteiger partial charge >= 0.3 is 0 Å². The van der Waals surface area contributed by atoms with Crippen molar-refractivity contribution < 1.29 is 0 Å². The number of aliphatic imine (C=N–C) groups is 1. The van der Waals surface area contributed by atoms with E-state index < -0.39 is 0 Å². The molecule has 1 atom stereocenters. The van der Waals surface area contributed by atoms with E-state index in [1.54, 1.807) is 0 Å². The molecule has 0 N–H and O–H groups in total. The van der Waals surface area contributed by atoms with E-state index in [1.165, 1.54) is 61.2 Å². The van der Waals surface area contributed by atoms with Crippen molar-refractivity contribution >= 4 is 31.0 Å². The monoisotopic (exact) mass is 480 g/mol. The maximum atomic E-state index is 4.82. The maximum absolute atomic E-state index is 4.82. The lowest BCUT2D eigenvalue weighted by atomic mass is 9.69. The van der Waals surface area contributed by atoms with Gasteiger partial charge in [-0.25, -0.2) is 0 Å². The largest absolute Gasteiger partial charge is 0.303 e. The van der Waals surface area contributed by atoms with E-state index in [-0.39, 0.29) is 30.2 Å². The molecule has 4 heteroatoms. The smallest absolute Gasteiger partial charge is 0.0527 e. The molecule has 1 unspecified atom stereocenters. The Morgan fingerprint density at radius 2 is 1.42 bits per heavy atom. The Kier molecular flexibility index (Phi) is 9.14. The number of halogens is 2. The van der Waals surface area contributed by atoms with Crippen LogP contribution in [0.3, 0.4) is 0 Å². The molecule has 0 bridgehead atoms. The van der Waals surface area contributed by atoms with Crippen LogP contribution in [0.2, 0.25) is 0 Å². The van der Waals surface area contributed by atoms with Gasteiger partial charge in [-0.1, -0.05) is 84.9 Å². The highest BCUT2D eigenvalue weighted by atomic mass is 35.5. The Labute approximate surface area is 211 Å². The highest BCUT2D eigenvalue weighted by molar-refractivity contribution is 5.86. The molecule has 1 saturated heterocycles. The third kappa shape index (κ3) is 5.51. The van der Waals surface area contributed by atoms with Gasteiger partial charge in [0, 0.05) is 11.6 Å². The van der Waals surface area contributed by atoms with Gasteiger partial charge in [-0.3, -0.25) is 4.99 Å². The van der Waals surface area contributed by atoms with E-state index in [0.717, 1.165) is 18.9 Å². The number of rotatable bonds is 6. The van der Waals surface area contributed by atoms with Gasteiger partial charge in [-0.15, -0.1) is 24.8 Å². The Morgan fingerprint density at radius 1 is 0.788 bits per heavy atom. The molecule has 2 aliphatic heterocycles. The predicted molar refractivity (Wildman–Crippen MR) is 145 cm³/mol. The van der Waals surface area contributed by atoms with E-state index >= 15 is 0 Å². The minimum Gasteiger partial charge on any atom is -0.303 e. The SMILES string of the molecule is C1=NCC(CCCN2CCC(c3ccccc3)CC2)(c2ccccc2)c2ccccc21.Cl.Cl. The summed E-state index contributed by atoms with van der Waals surface area (Å²) in [6.45, 7) is 4.46. The number of likely N-dealkylation sites (tertiary alicyclic amines) is 1. The molecule has 2 heterocycles. The highest BCUT2D eigenvalue weighted by Gasteiger charge is 2.37. The van der Waals surface area contributed by atoms with Gasteiger partial charge < -0.3 is 4.90 Å². The summed E-state index contributed by atoms with van der Waals surface area (Å²) in [7, 11) is 0. The first-order chi connectivity index (χ1) is 15.4. The fourth-order valence-electron chi connectivity index (χ4n) is 5.61. The molecule has 0 aromatic heterocycles. The van der Waals surface area contributed by atoms with E-state index in [4.69, 9.17) is 4.99 Å². The van der Waals surface area contributed by atoms with Gasteiger partial charge in [0.1, 0.15) is 0 Å². The third-order valence-electron chi connectivity index (χ3n) is 7.33. The van der Waals surface area contributed by atoms with E-state index in [2.05, 4.69) is 96.0 Å². The molecule has 3 aromatic rings. The second-order valence-corrected chi connectivity index (χ2v) is 9.14. The van der Waals surface area contributed by atoms with Crippen molar-refractivity contribution in [3.05, 3.63) is 107 Å². The number of piperidine rings is 1. The molecule has 5 rings (SSSR count). The van der Waals surface area contributed by atoms with Crippen molar-refractivity contribution in [3.8, 4) is 0 Å². The third-order valence-corrected chi connectivity index (χ3v) is 7.33. The Bertz CT molecular complexity index is 1010. The number of hydrogen-bond donors (Lipinski definition) is 0. The summed E-state index contributed by atoms with van der Waals surface area (Å²) in [5.41, 5.74) is 5.64. The minimum atomic E-state index is -0.00500. The minimum absolute atomic E-state index is 0. The van der Waals surface area contributed by atoms with Gasteiger partial charge in [-0.05, 0) is 73.5 Å². The zero-order valence-electron chi connectivity index (χ0n) is 19.1. The van der Waals surface area contributed by atoms with E-state index in [0.29, 0.717) is 0 Å². The molecule has 0 spiro atoms. The molecule has 0 aliphatic carbocycles. The fourth-order valence-corrected chi connectivity index (χ4v) is 5.61. The second-order valence-electron chi connectivity index (χ2n) is 9.14. The van der Waals surface area contributed by atoms with Crippen LogP contribution in [-0.4, -0.2) is 37.3 Å². The topological polar surface area (TPSA) is 15.6 Å². The quantitative estimate of drug-likeness (QED) is 0.374. The first kappa shape index (κ1) is 25.5. The summed E-state index contributed by atoms with van der Waals surface area (Å²) < 4.78 is 0. The summed E-state index contributed by atoms with van der Waals surface area (Å²) >= 11 is 0. The molecule has 0 saturated carbocycles.